The fraction of sp³-hybridized carbons (Fsp3) is 0.182. The molecule has 1 aromatic heterocycles. The molecule has 0 aliphatic carbocycles. The van der Waals surface area contributed by atoms with E-state index in [0.29, 0.717) is 5.56 Å². The van der Waals surface area contributed by atoms with Crippen LogP contribution in [0.3, 0.4) is 0 Å². The Morgan fingerprint density at radius 3 is 2.19 bits per heavy atom. The van der Waals surface area contributed by atoms with Crippen LogP contribution in [0.2, 0.25) is 0 Å². The zero-order chi connectivity index (χ0) is 18.5. The molecule has 3 aromatic rings. The molecule has 0 N–H and O–H groups in total. The van der Waals surface area contributed by atoms with Gasteiger partial charge in [0.15, 0.2) is 6.61 Å². The molecule has 3 rings (SSSR count). The van der Waals surface area contributed by atoms with E-state index in [9.17, 15) is 9.59 Å². The minimum Gasteiger partial charge on any atom is -0.457 e. The summed E-state index contributed by atoms with van der Waals surface area (Å²) < 4.78 is 5.16. The van der Waals surface area contributed by atoms with Crippen LogP contribution in [0.5, 0.6) is 0 Å². The van der Waals surface area contributed by atoms with Gasteiger partial charge in [0.1, 0.15) is 0 Å². The molecule has 26 heavy (non-hydrogen) atoms. The highest BCUT2D eigenvalue weighted by Crippen LogP contribution is 2.21. The van der Waals surface area contributed by atoms with E-state index in [4.69, 9.17) is 4.74 Å². The van der Waals surface area contributed by atoms with E-state index in [2.05, 4.69) is 0 Å². The lowest BCUT2D eigenvalue weighted by Gasteiger charge is -2.06. The smallest absolute Gasteiger partial charge is 0.310 e. The number of carbonyl (C=O) groups excluding carboxylic acids is 2. The van der Waals surface area contributed by atoms with Gasteiger partial charge in [0.05, 0.1) is 6.42 Å². The summed E-state index contributed by atoms with van der Waals surface area (Å²) in [6.45, 7) is 3.65. The quantitative estimate of drug-likeness (QED) is 0.457. The van der Waals surface area contributed by atoms with Crippen molar-refractivity contribution in [3.8, 4) is 11.1 Å². The zero-order valence-corrected chi connectivity index (χ0v) is 15.6. The molecule has 3 nitrogen and oxygen atoms in total. The minimum absolute atomic E-state index is 0.153. The molecule has 0 atom stereocenters. The number of Topliss-reactive ketones (excluding diaryl/α,β-unsaturated/α-hetero) is 1. The lowest BCUT2D eigenvalue weighted by Crippen LogP contribution is -2.15. The Kier molecular flexibility index (Phi) is 5.64. The van der Waals surface area contributed by atoms with Crippen molar-refractivity contribution in [3.63, 3.8) is 0 Å². The second kappa shape index (κ2) is 8.11. The van der Waals surface area contributed by atoms with E-state index < -0.39 is 5.97 Å². The van der Waals surface area contributed by atoms with Gasteiger partial charge >= 0.3 is 5.97 Å². The van der Waals surface area contributed by atoms with E-state index in [1.807, 2.05) is 74.5 Å². The normalized spacial score (nSPS) is 10.5. The van der Waals surface area contributed by atoms with Gasteiger partial charge in [-0.3, -0.25) is 9.59 Å². The standard InChI is InChI=1S/C22H20O3S/c1-15-12-20(16(2)26-15)21(23)14-25-22(24)13-17-8-10-19(11-9-17)18-6-4-3-5-7-18/h3-12H,13-14H2,1-2H3. The van der Waals surface area contributed by atoms with Crippen LogP contribution in [0.1, 0.15) is 25.7 Å². The molecule has 0 aliphatic heterocycles. The van der Waals surface area contributed by atoms with Crippen molar-refractivity contribution in [1.82, 2.24) is 0 Å². The van der Waals surface area contributed by atoms with Gasteiger partial charge in [-0.25, -0.2) is 0 Å². The molecule has 0 saturated carbocycles. The first-order valence-electron chi connectivity index (χ1n) is 8.43. The molecule has 4 heteroatoms. The predicted octanol–water partition coefficient (Wildman–Crippen LogP) is 5.00. The summed E-state index contributed by atoms with van der Waals surface area (Å²) in [4.78, 5) is 26.2. The second-order valence-corrected chi connectivity index (χ2v) is 7.61. The van der Waals surface area contributed by atoms with Crippen molar-refractivity contribution >= 4 is 23.1 Å². The van der Waals surface area contributed by atoms with E-state index in [-0.39, 0.29) is 18.8 Å². The second-order valence-electron chi connectivity index (χ2n) is 6.15. The maximum Gasteiger partial charge on any atom is 0.310 e. The van der Waals surface area contributed by atoms with Gasteiger partial charge in [-0.05, 0) is 36.6 Å². The fourth-order valence-corrected chi connectivity index (χ4v) is 3.74. The molecule has 132 valence electrons. The van der Waals surface area contributed by atoms with Gasteiger partial charge < -0.3 is 4.74 Å². The number of hydrogen-bond acceptors (Lipinski definition) is 4. The first-order valence-corrected chi connectivity index (χ1v) is 9.25. The predicted molar refractivity (Wildman–Crippen MR) is 105 cm³/mol. The number of ether oxygens (including phenoxy) is 1. The number of esters is 1. The average Bonchev–Trinajstić information content (AvgIpc) is 2.99. The Hall–Kier alpha value is -2.72. The van der Waals surface area contributed by atoms with E-state index >= 15 is 0 Å². The van der Waals surface area contributed by atoms with Crippen molar-refractivity contribution in [3.05, 3.63) is 81.5 Å². The SMILES string of the molecule is Cc1cc(C(=O)COC(=O)Cc2ccc(-c3ccccc3)cc2)c(C)s1. The summed E-state index contributed by atoms with van der Waals surface area (Å²) in [6, 6.07) is 19.7. The largest absolute Gasteiger partial charge is 0.457 e. The van der Waals surface area contributed by atoms with Crippen LogP contribution in [0.15, 0.2) is 60.7 Å². The molecule has 0 aliphatic rings. The van der Waals surface area contributed by atoms with E-state index in [0.717, 1.165) is 26.4 Å². The molecule has 0 saturated heterocycles. The van der Waals surface area contributed by atoms with Crippen LogP contribution >= 0.6 is 11.3 Å². The molecule has 0 fully saturated rings. The van der Waals surface area contributed by atoms with Crippen LogP contribution in [0.25, 0.3) is 11.1 Å². The average molecular weight is 364 g/mol. The Morgan fingerprint density at radius 1 is 0.923 bits per heavy atom. The summed E-state index contributed by atoms with van der Waals surface area (Å²) in [5.74, 6) is -0.546. The molecule has 2 aromatic carbocycles. The van der Waals surface area contributed by atoms with Crippen molar-refractivity contribution in [2.24, 2.45) is 0 Å². The summed E-state index contributed by atoms with van der Waals surface area (Å²) in [6.07, 6.45) is 0.157. The van der Waals surface area contributed by atoms with Crippen LogP contribution in [0, 0.1) is 13.8 Å². The van der Waals surface area contributed by atoms with Gasteiger partial charge in [-0.1, -0.05) is 54.6 Å². The fourth-order valence-electron chi connectivity index (χ4n) is 2.79. The monoisotopic (exact) mass is 364 g/mol. The molecular weight excluding hydrogens is 344 g/mol. The summed E-state index contributed by atoms with van der Waals surface area (Å²) in [5.41, 5.74) is 3.74. The third-order valence-electron chi connectivity index (χ3n) is 4.12. The zero-order valence-electron chi connectivity index (χ0n) is 14.8. The minimum atomic E-state index is -0.393. The maximum absolute atomic E-state index is 12.2. The summed E-state index contributed by atoms with van der Waals surface area (Å²) in [7, 11) is 0. The Bertz CT molecular complexity index is 908. The van der Waals surface area contributed by atoms with Gasteiger partial charge in [0.25, 0.3) is 0 Å². The van der Waals surface area contributed by atoms with Crippen molar-refractivity contribution in [1.29, 1.82) is 0 Å². The highest BCUT2D eigenvalue weighted by Gasteiger charge is 2.14. The third-order valence-corrected chi connectivity index (χ3v) is 5.08. The van der Waals surface area contributed by atoms with Crippen LogP contribution < -0.4 is 0 Å². The van der Waals surface area contributed by atoms with Crippen molar-refractivity contribution < 1.29 is 14.3 Å². The molecule has 0 radical (unpaired) electrons. The van der Waals surface area contributed by atoms with Crippen LogP contribution in [-0.2, 0) is 16.0 Å². The molecular formula is C22H20O3S. The molecule has 0 amide bonds. The lowest BCUT2D eigenvalue weighted by atomic mass is 10.0. The number of hydrogen-bond donors (Lipinski definition) is 0. The number of benzene rings is 2. The van der Waals surface area contributed by atoms with E-state index in [1.54, 1.807) is 11.3 Å². The Labute approximate surface area is 157 Å². The third kappa shape index (κ3) is 4.46. The van der Waals surface area contributed by atoms with Gasteiger partial charge in [-0.2, -0.15) is 0 Å². The highest BCUT2D eigenvalue weighted by atomic mass is 32.1. The molecule has 0 bridgehead atoms. The number of ketones is 1. The Balaban J connectivity index is 1.55. The van der Waals surface area contributed by atoms with E-state index in [1.165, 1.54) is 0 Å². The first-order chi connectivity index (χ1) is 12.5. The molecule has 0 unspecified atom stereocenters. The van der Waals surface area contributed by atoms with Crippen LogP contribution in [0.4, 0.5) is 0 Å². The highest BCUT2D eigenvalue weighted by molar-refractivity contribution is 7.12. The van der Waals surface area contributed by atoms with Crippen molar-refractivity contribution in [2.75, 3.05) is 6.61 Å². The topological polar surface area (TPSA) is 43.4 Å². The maximum atomic E-state index is 12.2. The van der Waals surface area contributed by atoms with Gasteiger partial charge in [0.2, 0.25) is 5.78 Å². The van der Waals surface area contributed by atoms with Gasteiger partial charge in [-0.15, -0.1) is 11.3 Å². The van der Waals surface area contributed by atoms with Gasteiger partial charge in [0, 0.05) is 15.3 Å². The number of thiophene rings is 1. The lowest BCUT2D eigenvalue weighted by molar-refractivity contribution is -0.141. The van der Waals surface area contributed by atoms with Crippen molar-refractivity contribution in [2.45, 2.75) is 20.3 Å². The molecule has 1 heterocycles. The molecule has 0 spiro atoms. The summed E-state index contributed by atoms with van der Waals surface area (Å²) in [5, 5.41) is 0. The first kappa shape index (κ1) is 18.1. The number of rotatable bonds is 6. The summed E-state index contributed by atoms with van der Waals surface area (Å²) >= 11 is 1.57. The van der Waals surface area contributed by atoms with Crippen LogP contribution in [-0.4, -0.2) is 18.4 Å². The number of aryl methyl sites for hydroxylation is 2. The Morgan fingerprint density at radius 2 is 1.58 bits per heavy atom. The number of carbonyl (C=O) groups is 2.